The second-order valence-electron chi connectivity index (χ2n) is 8.97. The fraction of sp³-hybridized carbons (Fsp3) is 0.333. The van der Waals surface area contributed by atoms with Crippen LogP contribution in [0, 0.1) is 0 Å². The van der Waals surface area contributed by atoms with Crippen molar-refractivity contribution in [2.45, 2.75) is 45.3 Å². The van der Waals surface area contributed by atoms with Crippen molar-refractivity contribution in [3.63, 3.8) is 0 Å². The summed E-state index contributed by atoms with van der Waals surface area (Å²) in [6, 6.07) is 21.2. The summed E-state index contributed by atoms with van der Waals surface area (Å²) in [5.74, 6) is 0.902. The molecule has 7 nitrogen and oxygen atoms in total. The molecule has 0 saturated carbocycles. The lowest BCUT2D eigenvalue weighted by Crippen LogP contribution is -2.53. The van der Waals surface area contributed by atoms with E-state index in [2.05, 4.69) is 5.32 Å². The van der Waals surface area contributed by atoms with Gasteiger partial charge in [0.1, 0.15) is 23.3 Å². The molecule has 2 atom stereocenters. The lowest BCUT2D eigenvalue weighted by molar-refractivity contribution is -0.143. The van der Waals surface area contributed by atoms with Gasteiger partial charge in [0.05, 0.1) is 14.2 Å². The maximum atomic E-state index is 13.7. The first-order chi connectivity index (χ1) is 18.3. The zero-order chi connectivity index (χ0) is 27.5. The maximum absolute atomic E-state index is 13.7. The molecule has 0 radical (unpaired) electrons. The van der Waals surface area contributed by atoms with Crippen LogP contribution in [0.2, 0.25) is 5.02 Å². The lowest BCUT2D eigenvalue weighted by Gasteiger charge is -2.32. The van der Waals surface area contributed by atoms with Gasteiger partial charge in [-0.2, -0.15) is 0 Å². The van der Waals surface area contributed by atoms with E-state index in [9.17, 15) is 9.59 Å². The molecule has 0 unspecified atom stereocenters. The Morgan fingerprint density at radius 1 is 0.921 bits per heavy atom. The van der Waals surface area contributed by atoms with Crippen LogP contribution in [-0.4, -0.2) is 49.6 Å². The Labute approximate surface area is 229 Å². The monoisotopic (exact) mass is 538 g/mol. The van der Waals surface area contributed by atoms with Crippen LogP contribution >= 0.6 is 11.6 Å². The number of amides is 2. The number of halogens is 1. The van der Waals surface area contributed by atoms with E-state index in [0.29, 0.717) is 28.7 Å². The van der Waals surface area contributed by atoms with E-state index in [1.165, 1.54) is 0 Å². The molecule has 0 spiro atoms. The van der Waals surface area contributed by atoms with Crippen molar-refractivity contribution in [3.8, 4) is 17.2 Å². The first-order valence-electron chi connectivity index (χ1n) is 12.6. The molecule has 3 aromatic rings. The summed E-state index contributed by atoms with van der Waals surface area (Å²) >= 11 is 6.47. The second-order valence-corrected chi connectivity index (χ2v) is 9.38. The van der Waals surface area contributed by atoms with Gasteiger partial charge in [-0.15, -0.1) is 0 Å². The molecule has 0 aliphatic rings. The predicted molar refractivity (Wildman–Crippen MR) is 149 cm³/mol. The zero-order valence-corrected chi connectivity index (χ0v) is 23.0. The van der Waals surface area contributed by atoms with Crippen molar-refractivity contribution < 1.29 is 23.8 Å². The van der Waals surface area contributed by atoms with E-state index in [0.717, 1.165) is 17.5 Å². The van der Waals surface area contributed by atoms with Crippen molar-refractivity contribution in [1.82, 2.24) is 10.2 Å². The van der Waals surface area contributed by atoms with E-state index in [4.69, 9.17) is 25.8 Å². The quantitative estimate of drug-likeness (QED) is 0.320. The number of hydrogen-bond donors (Lipinski definition) is 1. The van der Waals surface area contributed by atoms with Gasteiger partial charge in [-0.1, -0.05) is 67.1 Å². The number of benzene rings is 3. The van der Waals surface area contributed by atoms with Crippen molar-refractivity contribution in [3.05, 3.63) is 88.9 Å². The topological polar surface area (TPSA) is 77.1 Å². The number of carbonyl (C=O) groups is 2. The van der Waals surface area contributed by atoms with Gasteiger partial charge in [-0.25, -0.2) is 0 Å². The smallest absolute Gasteiger partial charge is 0.261 e. The molecular weight excluding hydrogens is 504 g/mol. The molecule has 0 saturated heterocycles. The first-order valence-corrected chi connectivity index (χ1v) is 12.9. The van der Waals surface area contributed by atoms with Crippen LogP contribution in [0.25, 0.3) is 0 Å². The van der Waals surface area contributed by atoms with Crippen LogP contribution < -0.4 is 19.5 Å². The number of ether oxygens (including phenoxy) is 3. The number of rotatable bonds is 13. The highest BCUT2D eigenvalue weighted by Gasteiger charge is 2.31. The van der Waals surface area contributed by atoms with E-state index in [1.807, 2.05) is 62.4 Å². The van der Waals surface area contributed by atoms with Gasteiger partial charge in [0.2, 0.25) is 5.91 Å². The highest BCUT2D eigenvalue weighted by molar-refractivity contribution is 6.31. The van der Waals surface area contributed by atoms with Crippen molar-refractivity contribution >= 4 is 23.4 Å². The Bertz CT molecular complexity index is 1180. The third-order valence-electron chi connectivity index (χ3n) is 6.26. The third-order valence-corrected chi connectivity index (χ3v) is 6.63. The first kappa shape index (κ1) is 28.9. The minimum Gasteiger partial charge on any atom is -0.496 e. The van der Waals surface area contributed by atoms with Crippen LogP contribution in [0.5, 0.6) is 17.2 Å². The molecule has 8 heteroatoms. The van der Waals surface area contributed by atoms with Crippen molar-refractivity contribution in [2.75, 3.05) is 20.8 Å². The number of nitrogens with one attached hydrogen (secondary N) is 1. The van der Waals surface area contributed by atoms with Crippen LogP contribution in [0.15, 0.2) is 72.8 Å². The molecule has 0 aliphatic heterocycles. The summed E-state index contributed by atoms with van der Waals surface area (Å²) < 4.78 is 16.5. The number of hydrogen-bond acceptors (Lipinski definition) is 5. The molecule has 0 aliphatic carbocycles. The number of nitrogens with zero attached hydrogens (tertiary/aromatic N) is 1. The summed E-state index contributed by atoms with van der Waals surface area (Å²) in [6.45, 7) is 3.80. The van der Waals surface area contributed by atoms with Crippen LogP contribution in [0.1, 0.15) is 31.4 Å². The summed E-state index contributed by atoms with van der Waals surface area (Å²) in [7, 11) is 3.08. The molecule has 3 aromatic carbocycles. The SMILES string of the molecule is CC[C@H](C)NC(=O)[C@@H](Cc1ccccc1)N(Cc1ccccc1Cl)C(=O)COc1cc(OC)cc(OC)c1. The molecule has 3 rings (SSSR count). The molecule has 2 amide bonds. The molecule has 202 valence electrons. The summed E-state index contributed by atoms with van der Waals surface area (Å²) in [5, 5.41) is 3.57. The molecule has 0 aromatic heterocycles. The molecule has 0 bridgehead atoms. The van der Waals surface area contributed by atoms with E-state index in [-0.39, 0.29) is 31.0 Å². The largest absolute Gasteiger partial charge is 0.496 e. The van der Waals surface area contributed by atoms with Crippen LogP contribution in [0.3, 0.4) is 0 Å². The van der Waals surface area contributed by atoms with Crippen LogP contribution in [-0.2, 0) is 22.6 Å². The fourth-order valence-electron chi connectivity index (χ4n) is 3.90. The summed E-state index contributed by atoms with van der Waals surface area (Å²) in [4.78, 5) is 28.9. The zero-order valence-electron chi connectivity index (χ0n) is 22.3. The van der Waals surface area contributed by atoms with Crippen LogP contribution in [0.4, 0.5) is 0 Å². The van der Waals surface area contributed by atoms with Crippen molar-refractivity contribution in [1.29, 1.82) is 0 Å². The molecular formula is C30H35ClN2O5. The average Bonchev–Trinajstić information content (AvgIpc) is 2.94. The maximum Gasteiger partial charge on any atom is 0.261 e. The fourth-order valence-corrected chi connectivity index (χ4v) is 4.09. The van der Waals surface area contributed by atoms with Gasteiger partial charge < -0.3 is 24.4 Å². The van der Waals surface area contributed by atoms with Gasteiger partial charge >= 0.3 is 0 Å². The Kier molecular flexibility index (Phi) is 10.8. The molecule has 0 fully saturated rings. The average molecular weight is 539 g/mol. The van der Waals surface area contributed by atoms with Gasteiger partial charge in [-0.3, -0.25) is 9.59 Å². The molecule has 38 heavy (non-hydrogen) atoms. The van der Waals surface area contributed by atoms with Crippen molar-refractivity contribution in [2.24, 2.45) is 0 Å². The summed E-state index contributed by atoms with van der Waals surface area (Å²) in [5.41, 5.74) is 1.67. The van der Waals surface area contributed by atoms with E-state index < -0.39 is 6.04 Å². The number of methoxy groups -OCH3 is 2. The standard InChI is InChI=1S/C30H35ClN2O5/c1-5-21(2)32-30(35)28(15-22-11-7-6-8-12-22)33(19-23-13-9-10-14-27(23)31)29(34)20-38-26-17-24(36-3)16-25(18-26)37-4/h6-14,16-18,21,28H,5,15,19-20H2,1-4H3,(H,32,35)/t21-,28+/m0/s1. The Hall–Kier alpha value is -3.71. The normalized spacial score (nSPS) is 12.2. The summed E-state index contributed by atoms with van der Waals surface area (Å²) in [6.07, 6.45) is 1.11. The minimum absolute atomic E-state index is 0.0430. The van der Waals surface area contributed by atoms with E-state index >= 15 is 0 Å². The highest BCUT2D eigenvalue weighted by atomic mass is 35.5. The molecule has 0 heterocycles. The van der Waals surface area contributed by atoms with Gasteiger partial charge in [0.25, 0.3) is 5.91 Å². The Morgan fingerprint density at radius 2 is 1.53 bits per heavy atom. The lowest BCUT2D eigenvalue weighted by atomic mass is 10.0. The Morgan fingerprint density at radius 3 is 2.13 bits per heavy atom. The molecule has 1 N–H and O–H groups in total. The van der Waals surface area contributed by atoms with Gasteiger partial charge in [-0.05, 0) is 30.5 Å². The second kappa shape index (κ2) is 14.3. The number of carbonyl (C=O) groups excluding carboxylic acids is 2. The predicted octanol–water partition coefficient (Wildman–Crippen LogP) is 5.29. The van der Waals surface area contributed by atoms with E-state index in [1.54, 1.807) is 43.4 Å². The van der Waals surface area contributed by atoms with Gasteiger partial charge in [0.15, 0.2) is 6.61 Å². The van der Waals surface area contributed by atoms with Gasteiger partial charge in [0, 0.05) is 42.2 Å². The minimum atomic E-state index is -0.779. The third kappa shape index (κ3) is 8.15. The Balaban J connectivity index is 1.94. The highest BCUT2D eigenvalue weighted by Crippen LogP contribution is 2.28.